The third-order valence-corrected chi connectivity index (χ3v) is 2.68. The highest BCUT2D eigenvalue weighted by atomic mass is 79.9. The zero-order valence-electron chi connectivity index (χ0n) is 6.74. The van der Waals surface area contributed by atoms with E-state index in [9.17, 15) is 0 Å². The molecule has 0 fully saturated rings. The Morgan fingerprint density at radius 3 is 2.86 bits per heavy atom. The predicted octanol–water partition coefficient (Wildman–Crippen LogP) is 2.74. The molecule has 0 bridgehead atoms. The van der Waals surface area contributed by atoms with Crippen molar-refractivity contribution in [2.24, 2.45) is 0 Å². The Bertz CT molecular complexity index is 520. The molecule has 2 rings (SSSR count). The number of nitrogens with zero attached hydrogens (tertiary/aromatic N) is 3. The van der Waals surface area contributed by atoms with Crippen molar-refractivity contribution in [1.82, 2.24) is 20.2 Å². The molecule has 0 atom stereocenters. The molecule has 72 valence electrons. The second-order valence-corrected chi connectivity index (χ2v) is 4.20. The minimum absolute atomic E-state index is 0.342. The smallest absolute Gasteiger partial charge is 0.208 e. The molecule has 0 spiro atoms. The van der Waals surface area contributed by atoms with Gasteiger partial charge in [0.05, 0.1) is 10.7 Å². The molecule has 14 heavy (non-hydrogen) atoms. The Morgan fingerprint density at radius 1 is 1.50 bits per heavy atom. The molecule has 0 saturated heterocycles. The van der Waals surface area contributed by atoms with E-state index in [1.807, 2.05) is 12.1 Å². The summed E-state index contributed by atoms with van der Waals surface area (Å²) in [5.41, 5.74) is 0.727. The second-order valence-electron chi connectivity index (χ2n) is 2.51. The first kappa shape index (κ1) is 9.82. The number of halogens is 2. The molecule has 1 N–H and O–H groups in total. The number of tetrazole rings is 1. The third-order valence-electron chi connectivity index (χ3n) is 1.62. The zero-order chi connectivity index (χ0) is 10.1. The summed E-state index contributed by atoms with van der Waals surface area (Å²) in [7, 11) is 0. The summed E-state index contributed by atoms with van der Waals surface area (Å²) in [5, 5.41) is 10.4. The lowest BCUT2D eigenvalue weighted by molar-refractivity contribution is 0.786. The fourth-order valence-corrected chi connectivity index (χ4v) is 1.95. The molecule has 4 nitrogen and oxygen atoms in total. The molecule has 0 unspecified atom stereocenters. The fraction of sp³-hybridized carbons (Fsp3) is 0. The first-order chi connectivity index (χ1) is 6.68. The zero-order valence-corrected chi connectivity index (χ0v) is 9.90. The average molecular weight is 292 g/mol. The van der Waals surface area contributed by atoms with Crippen molar-refractivity contribution < 1.29 is 0 Å². The van der Waals surface area contributed by atoms with Gasteiger partial charge >= 0.3 is 0 Å². The van der Waals surface area contributed by atoms with Gasteiger partial charge in [-0.1, -0.05) is 37.8 Å². The van der Waals surface area contributed by atoms with E-state index in [0.29, 0.717) is 9.79 Å². The van der Waals surface area contributed by atoms with E-state index in [4.69, 9.17) is 23.8 Å². The van der Waals surface area contributed by atoms with Crippen molar-refractivity contribution in [3.63, 3.8) is 0 Å². The molecule has 0 aliphatic heterocycles. The lowest BCUT2D eigenvalue weighted by Gasteiger charge is -2.03. The van der Waals surface area contributed by atoms with Crippen molar-refractivity contribution >= 4 is 39.7 Å². The van der Waals surface area contributed by atoms with Crippen LogP contribution >= 0.6 is 39.7 Å². The van der Waals surface area contributed by atoms with E-state index in [1.54, 1.807) is 6.07 Å². The van der Waals surface area contributed by atoms with Gasteiger partial charge in [-0.15, -0.1) is 0 Å². The molecule has 0 aliphatic rings. The van der Waals surface area contributed by atoms with Gasteiger partial charge in [-0.3, -0.25) is 0 Å². The maximum atomic E-state index is 6.02. The van der Waals surface area contributed by atoms with Crippen molar-refractivity contribution in [3.8, 4) is 5.69 Å². The molecule has 1 aromatic heterocycles. The summed E-state index contributed by atoms with van der Waals surface area (Å²) in [5.74, 6) is 0. The van der Waals surface area contributed by atoms with E-state index in [0.717, 1.165) is 10.2 Å². The highest BCUT2D eigenvalue weighted by molar-refractivity contribution is 9.10. The number of aromatic amines is 1. The Balaban J connectivity index is 2.63. The second kappa shape index (κ2) is 3.80. The number of H-pyrrole nitrogens is 1. The summed E-state index contributed by atoms with van der Waals surface area (Å²) in [6, 6.07) is 5.46. The van der Waals surface area contributed by atoms with Crippen LogP contribution in [0.25, 0.3) is 5.69 Å². The summed E-state index contributed by atoms with van der Waals surface area (Å²) in [4.78, 5) is 0. The van der Waals surface area contributed by atoms with Crippen LogP contribution in [0.3, 0.4) is 0 Å². The lowest BCUT2D eigenvalue weighted by atomic mass is 10.3. The van der Waals surface area contributed by atoms with Gasteiger partial charge in [0, 0.05) is 4.47 Å². The van der Waals surface area contributed by atoms with E-state index in [2.05, 4.69) is 31.5 Å². The Morgan fingerprint density at radius 2 is 2.29 bits per heavy atom. The first-order valence-electron chi connectivity index (χ1n) is 3.64. The van der Waals surface area contributed by atoms with Crippen LogP contribution in [0.1, 0.15) is 0 Å². The van der Waals surface area contributed by atoms with Gasteiger partial charge in [0.15, 0.2) is 0 Å². The van der Waals surface area contributed by atoms with Crippen LogP contribution in [0.4, 0.5) is 0 Å². The number of aromatic nitrogens is 4. The van der Waals surface area contributed by atoms with Crippen LogP contribution in [0.2, 0.25) is 5.02 Å². The highest BCUT2D eigenvalue weighted by Gasteiger charge is 2.05. The van der Waals surface area contributed by atoms with Crippen LogP contribution in [0, 0.1) is 4.77 Å². The van der Waals surface area contributed by atoms with Crippen LogP contribution in [-0.4, -0.2) is 20.2 Å². The average Bonchev–Trinajstić information content (AvgIpc) is 2.52. The van der Waals surface area contributed by atoms with E-state index in [-0.39, 0.29) is 0 Å². The van der Waals surface area contributed by atoms with Gasteiger partial charge in [0.1, 0.15) is 0 Å². The lowest BCUT2D eigenvalue weighted by Crippen LogP contribution is -1.97. The fourth-order valence-electron chi connectivity index (χ4n) is 1.02. The summed E-state index contributed by atoms with van der Waals surface area (Å²) < 4.78 is 2.78. The normalized spacial score (nSPS) is 10.4. The van der Waals surface area contributed by atoms with Gasteiger partial charge in [-0.2, -0.15) is 5.21 Å². The monoisotopic (exact) mass is 290 g/mol. The third kappa shape index (κ3) is 1.73. The largest absolute Gasteiger partial charge is 0.242 e. The van der Waals surface area contributed by atoms with Crippen molar-refractivity contribution in [3.05, 3.63) is 32.5 Å². The van der Waals surface area contributed by atoms with E-state index < -0.39 is 0 Å². The maximum Gasteiger partial charge on any atom is 0.242 e. The van der Waals surface area contributed by atoms with Crippen LogP contribution in [0.5, 0.6) is 0 Å². The van der Waals surface area contributed by atoms with Crippen molar-refractivity contribution in [1.29, 1.82) is 0 Å². The standard InChI is InChI=1S/C7H4BrClN4S/c8-4-1-2-6(5(9)3-4)13-7(14)10-11-12-13/h1-3H,(H,10,12,14). The summed E-state index contributed by atoms with van der Waals surface area (Å²) >= 11 is 14.3. The van der Waals surface area contributed by atoms with E-state index >= 15 is 0 Å². The topological polar surface area (TPSA) is 46.5 Å². The van der Waals surface area contributed by atoms with Crippen molar-refractivity contribution in [2.75, 3.05) is 0 Å². The Hall–Kier alpha value is -0.720. The van der Waals surface area contributed by atoms with Crippen LogP contribution in [0.15, 0.2) is 22.7 Å². The van der Waals surface area contributed by atoms with Gasteiger partial charge in [-0.25, -0.2) is 4.68 Å². The quantitative estimate of drug-likeness (QED) is 0.822. The highest BCUT2D eigenvalue weighted by Crippen LogP contribution is 2.23. The van der Waals surface area contributed by atoms with Gasteiger partial charge < -0.3 is 0 Å². The molecule has 0 amide bonds. The molecule has 0 saturated carbocycles. The minimum atomic E-state index is 0.342. The van der Waals surface area contributed by atoms with Crippen molar-refractivity contribution in [2.45, 2.75) is 0 Å². The number of benzene rings is 1. The number of rotatable bonds is 1. The van der Waals surface area contributed by atoms with Gasteiger partial charge in [0.25, 0.3) is 0 Å². The molecule has 1 aromatic carbocycles. The Kier molecular flexibility index (Phi) is 2.66. The molecule has 7 heteroatoms. The number of nitrogens with one attached hydrogen (secondary N) is 1. The van der Waals surface area contributed by atoms with Gasteiger partial charge in [-0.05, 0) is 30.4 Å². The van der Waals surface area contributed by atoms with E-state index in [1.165, 1.54) is 4.68 Å². The van der Waals surface area contributed by atoms with Gasteiger partial charge in [0.2, 0.25) is 4.77 Å². The SMILES string of the molecule is S=c1nn[nH]n1-c1ccc(Br)cc1Cl. The minimum Gasteiger partial charge on any atom is -0.208 e. The maximum absolute atomic E-state index is 6.02. The molecule has 1 heterocycles. The Labute approximate surface area is 98.0 Å². The first-order valence-corrected chi connectivity index (χ1v) is 5.22. The molecular formula is C7H4BrClN4S. The predicted molar refractivity (Wildman–Crippen MR) is 59.3 cm³/mol. The summed E-state index contributed by atoms with van der Waals surface area (Å²) in [6.45, 7) is 0. The van der Waals surface area contributed by atoms with Crippen LogP contribution < -0.4 is 0 Å². The molecule has 0 aliphatic carbocycles. The summed E-state index contributed by atoms with van der Waals surface area (Å²) in [6.07, 6.45) is 0. The number of hydrogen-bond donors (Lipinski definition) is 1. The van der Waals surface area contributed by atoms with Crippen LogP contribution in [-0.2, 0) is 0 Å². The number of hydrogen-bond acceptors (Lipinski definition) is 3. The molecular weight excluding hydrogens is 288 g/mol. The molecule has 0 radical (unpaired) electrons. The molecule has 2 aromatic rings.